The van der Waals surface area contributed by atoms with E-state index in [9.17, 15) is 14.4 Å². The third-order valence-electron chi connectivity index (χ3n) is 6.91. The zero-order valence-electron chi connectivity index (χ0n) is 18.4. The van der Waals surface area contributed by atoms with E-state index in [2.05, 4.69) is 22.8 Å². The Bertz CT molecular complexity index is 1110. The Morgan fingerprint density at radius 1 is 1.12 bits per heavy atom. The lowest BCUT2D eigenvalue weighted by atomic mass is 9.83. The number of imide groups is 1. The first-order valence-corrected chi connectivity index (χ1v) is 11.4. The number of amides is 3. The maximum Gasteiger partial charge on any atom is 0.255 e. The Balaban J connectivity index is 1.27. The number of nitrogens with one attached hydrogen (secondary N) is 2. The number of hydrogen-bond acceptors (Lipinski definition) is 6. The Kier molecular flexibility index (Phi) is 5.64. The Morgan fingerprint density at radius 3 is 2.73 bits per heavy atom. The van der Waals surface area contributed by atoms with E-state index in [1.165, 1.54) is 0 Å². The van der Waals surface area contributed by atoms with Crippen LogP contribution in [0, 0.1) is 0 Å². The number of benzene rings is 2. The fraction of sp³-hybridized carbons (Fsp3) is 0.400. The van der Waals surface area contributed by atoms with Gasteiger partial charge in [-0.15, -0.1) is 0 Å². The van der Waals surface area contributed by atoms with E-state index < -0.39 is 11.9 Å². The lowest BCUT2D eigenvalue weighted by Crippen LogP contribution is -2.52. The molecule has 1 atom stereocenters. The normalized spacial score (nSPS) is 22.2. The second-order valence-electron chi connectivity index (χ2n) is 9.09. The molecule has 0 radical (unpaired) electrons. The van der Waals surface area contributed by atoms with Gasteiger partial charge in [0, 0.05) is 49.5 Å². The number of anilines is 1. The summed E-state index contributed by atoms with van der Waals surface area (Å²) < 4.78 is 5.46. The molecular formula is C25H28N4O4. The van der Waals surface area contributed by atoms with Crippen molar-refractivity contribution < 1.29 is 19.1 Å². The number of rotatable bonds is 5. The van der Waals surface area contributed by atoms with Crippen molar-refractivity contribution in [3.05, 3.63) is 64.7 Å². The predicted octanol–water partition coefficient (Wildman–Crippen LogP) is 2.02. The third kappa shape index (κ3) is 4.24. The van der Waals surface area contributed by atoms with Gasteiger partial charge in [-0.2, -0.15) is 0 Å². The van der Waals surface area contributed by atoms with Crippen LogP contribution in [0.5, 0.6) is 0 Å². The van der Waals surface area contributed by atoms with Crippen molar-refractivity contribution in [3.8, 4) is 0 Å². The van der Waals surface area contributed by atoms with Crippen molar-refractivity contribution in [2.45, 2.75) is 50.4 Å². The minimum Gasteiger partial charge on any atom is -0.381 e. The van der Waals surface area contributed by atoms with Crippen LogP contribution in [0.25, 0.3) is 0 Å². The van der Waals surface area contributed by atoms with Crippen LogP contribution in [-0.4, -0.2) is 41.9 Å². The molecule has 1 unspecified atom stereocenters. The SMILES string of the molecule is NC1(c2cccc(NCc3ccc4c(c3)C(=O)N(C3CCC(=O)NC3=O)C4)c2)CCOCC1. The van der Waals surface area contributed by atoms with E-state index in [4.69, 9.17) is 10.5 Å². The molecule has 8 heteroatoms. The van der Waals surface area contributed by atoms with Gasteiger partial charge in [-0.3, -0.25) is 19.7 Å². The van der Waals surface area contributed by atoms with Gasteiger partial charge in [-0.25, -0.2) is 0 Å². The number of carbonyl (C=O) groups excluding carboxylic acids is 3. The van der Waals surface area contributed by atoms with Crippen LogP contribution in [0.15, 0.2) is 42.5 Å². The molecule has 2 fully saturated rings. The number of nitrogens with two attached hydrogens (primary N) is 1. The topological polar surface area (TPSA) is 114 Å². The van der Waals surface area contributed by atoms with Gasteiger partial charge in [-0.1, -0.05) is 24.3 Å². The van der Waals surface area contributed by atoms with Crippen LogP contribution in [0.3, 0.4) is 0 Å². The smallest absolute Gasteiger partial charge is 0.255 e. The highest BCUT2D eigenvalue weighted by atomic mass is 16.5. The summed E-state index contributed by atoms with van der Waals surface area (Å²) in [6.45, 7) is 2.29. The standard InChI is InChI=1S/C25H28N4O4/c26-25(8-10-33-11-9-25)18-2-1-3-19(13-18)27-14-16-4-5-17-15-29(24(32)20(17)12-16)21-6-7-22(30)28-23(21)31/h1-5,12-13,21,27H,6-11,14-15,26H2,(H,28,30,31). The van der Waals surface area contributed by atoms with Gasteiger partial charge in [-0.05, 0) is 54.2 Å². The average molecular weight is 449 g/mol. The Hall–Kier alpha value is -3.23. The second-order valence-corrected chi connectivity index (χ2v) is 9.09. The van der Waals surface area contributed by atoms with Gasteiger partial charge in [0.05, 0.1) is 0 Å². The van der Waals surface area contributed by atoms with Crippen LogP contribution in [-0.2, 0) is 33.0 Å². The van der Waals surface area contributed by atoms with E-state index in [-0.39, 0.29) is 23.8 Å². The van der Waals surface area contributed by atoms with E-state index in [0.29, 0.717) is 38.3 Å². The molecule has 3 heterocycles. The van der Waals surface area contributed by atoms with Crippen molar-refractivity contribution in [1.82, 2.24) is 10.2 Å². The molecule has 2 saturated heterocycles. The van der Waals surface area contributed by atoms with Gasteiger partial charge < -0.3 is 20.7 Å². The molecule has 0 aliphatic carbocycles. The monoisotopic (exact) mass is 448 g/mol. The zero-order valence-corrected chi connectivity index (χ0v) is 18.4. The molecule has 3 aliphatic heterocycles. The summed E-state index contributed by atoms with van der Waals surface area (Å²) in [4.78, 5) is 38.3. The van der Waals surface area contributed by atoms with E-state index in [1.54, 1.807) is 4.90 Å². The maximum atomic E-state index is 13.0. The van der Waals surface area contributed by atoms with Crippen molar-refractivity contribution in [3.63, 3.8) is 0 Å². The van der Waals surface area contributed by atoms with Crippen LogP contribution in [0.4, 0.5) is 5.69 Å². The Morgan fingerprint density at radius 2 is 1.94 bits per heavy atom. The molecule has 3 aliphatic rings. The highest BCUT2D eigenvalue weighted by Gasteiger charge is 2.39. The highest BCUT2D eigenvalue weighted by Crippen LogP contribution is 2.31. The Labute approximate surface area is 192 Å². The number of piperidine rings is 1. The minimum absolute atomic E-state index is 0.159. The van der Waals surface area contributed by atoms with Crippen LogP contribution in [0.2, 0.25) is 0 Å². The van der Waals surface area contributed by atoms with E-state index in [0.717, 1.165) is 35.2 Å². The molecule has 5 rings (SSSR count). The summed E-state index contributed by atoms with van der Waals surface area (Å²) in [7, 11) is 0. The molecule has 0 aromatic heterocycles. The number of ether oxygens (including phenoxy) is 1. The molecule has 0 bridgehead atoms. The van der Waals surface area contributed by atoms with Gasteiger partial charge in [0.1, 0.15) is 6.04 Å². The van der Waals surface area contributed by atoms with Crippen LogP contribution < -0.4 is 16.4 Å². The van der Waals surface area contributed by atoms with Gasteiger partial charge >= 0.3 is 0 Å². The summed E-state index contributed by atoms with van der Waals surface area (Å²) in [5, 5.41) is 5.77. The van der Waals surface area contributed by atoms with Gasteiger partial charge in [0.15, 0.2) is 0 Å². The van der Waals surface area contributed by atoms with E-state index in [1.807, 2.05) is 30.3 Å². The molecule has 4 N–H and O–H groups in total. The van der Waals surface area contributed by atoms with Gasteiger partial charge in [0.25, 0.3) is 5.91 Å². The molecule has 0 saturated carbocycles. The molecule has 0 spiro atoms. The van der Waals surface area contributed by atoms with Gasteiger partial charge in [0.2, 0.25) is 11.8 Å². The van der Waals surface area contributed by atoms with Crippen molar-refractivity contribution >= 4 is 23.4 Å². The van der Waals surface area contributed by atoms with Crippen LogP contribution >= 0.6 is 0 Å². The predicted molar refractivity (Wildman–Crippen MR) is 122 cm³/mol. The summed E-state index contributed by atoms with van der Waals surface area (Å²) >= 11 is 0. The number of hydrogen-bond donors (Lipinski definition) is 3. The fourth-order valence-corrected chi connectivity index (χ4v) is 4.88. The van der Waals surface area contributed by atoms with Crippen molar-refractivity contribution in [2.24, 2.45) is 5.73 Å². The molecular weight excluding hydrogens is 420 g/mol. The lowest BCUT2D eigenvalue weighted by molar-refractivity contribution is -0.136. The molecule has 33 heavy (non-hydrogen) atoms. The summed E-state index contributed by atoms with van der Waals surface area (Å²) in [6, 6.07) is 13.4. The quantitative estimate of drug-likeness (QED) is 0.603. The minimum atomic E-state index is -0.597. The molecule has 172 valence electrons. The molecule has 2 aromatic rings. The van der Waals surface area contributed by atoms with Crippen molar-refractivity contribution in [1.29, 1.82) is 0 Å². The third-order valence-corrected chi connectivity index (χ3v) is 6.91. The van der Waals surface area contributed by atoms with E-state index >= 15 is 0 Å². The lowest BCUT2D eigenvalue weighted by Gasteiger charge is -2.34. The summed E-state index contributed by atoms with van der Waals surface area (Å²) in [5.74, 6) is -0.834. The number of fused-ring (bicyclic) bond motifs is 1. The highest BCUT2D eigenvalue weighted by molar-refractivity contribution is 6.05. The first-order chi connectivity index (χ1) is 15.9. The second kappa shape index (κ2) is 8.61. The molecule has 3 amide bonds. The summed E-state index contributed by atoms with van der Waals surface area (Å²) in [5.41, 5.74) is 10.8. The maximum absolute atomic E-state index is 13.0. The first kappa shape index (κ1) is 21.6. The fourth-order valence-electron chi connectivity index (χ4n) is 4.88. The summed E-state index contributed by atoms with van der Waals surface area (Å²) in [6.07, 6.45) is 2.21. The van der Waals surface area contributed by atoms with Crippen molar-refractivity contribution in [2.75, 3.05) is 18.5 Å². The number of carbonyl (C=O) groups is 3. The van der Waals surface area contributed by atoms with Crippen LogP contribution in [0.1, 0.15) is 52.7 Å². The largest absolute Gasteiger partial charge is 0.381 e. The molecule has 2 aromatic carbocycles. The average Bonchev–Trinajstić information content (AvgIpc) is 3.14. The number of nitrogens with zero attached hydrogens (tertiary/aromatic N) is 1. The molecule has 8 nitrogen and oxygen atoms in total. The first-order valence-electron chi connectivity index (χ1n) is 11.4. The zero-order chi connectivity index (χ0) is 23.0.